The Balaban J connectivity index is 1.69. The van der Waals surface area contributed by atoms with Gasteiger partial charge in [-0.2, -0.15) is 13.9 Å². The van der Waals surface area contributed by atoms with E-state index in [0.29, 0.717) is 11.0 Å². The van der Waals surface area contributed by atoms with Crippen LogP contribution < -0.4 is 10.1 Å². The van der Waals surface area contributed by atoms with E-state index < -0.39 is 6.61 Å². The zero-order chi connectivity index (χ0) is 15.5. The van der Waals surface area contributed by atoms with Crippen molar-refractivity contribution in [3.8, 4) is 5.75 Å². The van der Waals surface area contributed by atoms with Gasteiger partial charge in [-0.1, -0.05) is 6.07 Å². The highest BCUT2D eigenvalue weighted by Gasteiger charge is 2.08. The van der Waals surface area contributed by atoms with Gasteiger partial charge in [0.25, 0.3) is 0 Å². The van der Waals surface area contributed by atoms with Gasteiger partial charge in [0.1, 0.15) is 5.75 Å². The van der Waals surface area contributed by atoms with Crippen LogP contribution in [0.15, 0.2) is 41.1 Å². The molecule has 22 heavy (non-hydrogen) atoms. The molecule has 0 fully saturated rings. The van der Waals surface area contributed by atoms with Crippen molar-refractivity contribution in [2.45, 2.75) is 13.2 Å². The van der Waals surface area contributed by atoms with Gasteiger partial charge >= 0.3 is 6.61 Å². The maximum absolute atomic E-state index is 12.2. The fraction of sp³-hybridized carbons (Fsp3) is 0.143. The lowest BCUT2D eigenvalue weighted by atomic mass is 10.2. The van der Waals surface area contributed by atoms with Crippen molar-refractivity contribution in [2.24, 2.45) is 0 Å². The Labute approximate surface area is 132 Å². The minimum absolute atomic E-state index is 0.111. The summed E-state index contributed by atoms with van der Waals surface area (Å²) in [5, 5.41) is 10.8. The Bertz CT molecular complexity index is 793. The molecule has 3 aromatic rings. The number of aromatic amines is 1. The third-order valence-electron chi connectivity index (χ3n) is 3.00. The molecule has 0 amide bonds. The molecule has 0 saturated carbocycles. The van der Waals surface area contributed by atoms with Crippen LogP contribution in [-0.4, -0.2) is 21.8 Å². The second-order valence-corrected chi connectivity index (χ2v) is 5.38. The quantitative estimate of drug-likeness (QED) is 0.715. The highest BCUT2D eigenvalue weighted by Crippen LogP contribution is 2.27. The first-order valence-electron chi connectivity index (χ1n) is 6.38. The van der Waals surface area contributed by atoms with Crippen LogP contribution in [0.5, 0.6) is 5.75 Å². The number of anilines is 1. The molecular weight excluding hydrogens is 358 g/mol. The molecule has 0 aliphatic carbocycles. The van der Waals surface area contributed by atoms with E-state index in [1.165, 1.54) is 6.07 Å². The average Bonchev–Trinajstić information content (AvgIpc) is 2.95. The van der Waals surface area contributed by atoms with Crippen LogP contribution in [0.3, 0.4) is 0 Å². The predicted molar refractivity (Wildman–Crippen MR) is 82.0 cm³/mol. The summed E-state index contributed by atoms with van der Waals surface area (Å²) in [6.07, 6.45) is 3.39. The minimum Gasteiger partial charge on any atom is -0.434 e. The zero-order valence-electron chi connectivity index (χ0n) is 11.2. The number of pyridine rings is 1. The average molecular weight is 369 g/mol. The standard InChI is InChI=1S/C14H11BrF2N4O/c15-11-3-8(1-2-12(11)22-14(16)17)5-18-10-4-9-6-20-21-13(9)19-7-10/h1-4,6-7,14,18H,5H2,(H,19,20,21). The first kappa shape index (κ1) is 14.7. The van der Waals surface area contributed by atoms with Crippen molar-refractivity contribution in [1.29, 1.82) is 0 Å². The Kier molecular flexibility index (Phi) is 4.19. The van der Waals surface area contributed by atoms with Crippen LogP contribution in [0.25, 0.3) is 11.0 Å². The molecule has 8 heteroatoms. The Morgan fingerprint density at radius 3 is 2.91 bits per heavy atom. The smallest absolute Gasteiger partial charge is 0.387 e. The van der Waals surface area contributed by atoms with E-state index in [-0.39, 0.29) is 5.75 Å². The highest BCUT2D eigenvalue weighted by atomic mass is 79.9. The van der Waals surface area contributed by atoms with E-state index >= 15 is 0 Å². The lowest BCUT2D eigenvalue weighted by Gasteiger charge is -2.10. The van der Waals surface area contributed by atoms with Crippen molar-refractivity contribution < 1.29 is 13.5 Å². The largest absolute Gasteiger partial charge is 0.434 e. The zero-order valence-corrected chi connectivity index (χ0v) is 12.8. The maximum atomic E-state index is 12.2. The molecule has 3 rings (SSSR count). The van der Waals surface area contributed by atoms with Crippen LogP contribution >= 0.6 is 15.9 Å². The summed E-state index contributed by atoms with van der Waals surface area (Å²) in [5.74, 6) is 0.111. The number of fused-ring (bicyclic) bond motifs is 1. The molecule has 0 bridgehead atoms. The van der Waals surface area contributed by atoms with E-state index in [9.17, 15) is 8.78 Å². The van der Waals surface area contributed by atoms with E-state index in [1.54, 1.807) is 24.5 Å². The number of halogens is 3. The van der Waals surface area contributed by atoms with E-state index in [0.717, 1.165) is 22.3 Å². The number of hydrogen-bond acceptors (Lipinski definition) is 4. The van der Waals surface area contributed by atoms with E-state index in [2.05, 4.69) is 41.2 Å². The number of H-pyrrole nitrogens is 1. The third-order valence-corrected chi connectivity index (χ3v) is 3.62. The van der Waals surface area contributed by atoms with Crippen molar-refractivity contribution in [1.82, 2.24) is 15.2 Å². The molecule has 114 valence electrons. The van der Waals surface area contributed by atoms with Gasteiger partial charge in [0.05, 0.1) is 22.6 Å². The molecule has 0 atom stereocenters. The molecular formula is C14H11BrF2N4O. The fourth-order valence-corrected chi connectivity index (χ4v) is 2.50. The summed E-state index contributed by atoms with van der Waals surface area (Å²) < 4.78 is 29.3. The van der Waals surface area contributed by atoms with Crippen LogP contribution in [-0.2, 0) is 6.54 Å². The summed E-state index contributed by atoms with van der Waals surface area (Å²) in [5.41, 5.74) is 2.49. The van der Waals surface area contributed by atoms with Gasteiger partial charge < -0.3 is 10.1 Å². The van der Waals surface area contributed by atoms with Crippen molar-refractivity contribution in [3.63, 3.8) is 0 Å². The van der Waals surface area contributed by atoms with Crippen molar-refractivity contribution in [3.05, 3.63) is 46.7 Å². The molecule has 0 unspecified atom stereocenters. The number of hydrogen-bond donors (Lipinski definition) is 2. The van der Waals surface area contributed by atoms with Crippen LogP contribution in [0, 0.1) is 0 Å². The molecule has 0 spiro atoms. The number of nitrogens with zero attached hydrogens (tertiary/aromatic N) is 2. The summed E-state index contributed by atoms with van der Waals surface area (Å²) in [6, 6.07) is 6.88. The SMILES string of the molecule is FC(F)Oc1ccc(CNc2cnc3[nH]ncc3c2)cc1Br. The summed E-state index contributed by atoms with van der Waals surface area (Å²) in [7, 11) is 0. The molecule has 0 aliphatic rings. The molecule has 1 aromatic carbocycles. The van der Waals surface area contributed by atoms with Gasteiger partial charge in [-0.3, -0.25) is 5.10 Å². The number of benzene rings is 1. The summed E-state index contributed by atoms with van der Waals surface area (Å²) in [4.78, 5) is 4.22. The lowest BCUT2D eigenvalue weighted by Crippen LogP contribution is -2.04. The lowest BCUT2D eigenvalue weighted by molar-refractivity contribution is -0.0503. The van der Waals surface area contributed by atoms with Crippen molar-refractivity contribution in [2.75, 3.05) is 5.32 Å². The highest BCUT2D eigenvalue weighted by molar-refractivity contribution is 9.10. The Hall–Kier alpha value is -2.22. The fourth-order valence-electron chi connectivity index (χ4n) is 1.98. The third kappa shape index (κ3) is 3.33. The summed E-state index contributed by atoms with van der Waals surface area (Å²) >= 11 is 3.22. The van der Waals surface area contributed by atoms with Gasteiger partial charge in [0.15, 0.2) is 5.65 Å². The monoisotopic (exact) mass is 368 g/mol. The van der Waals surface area contributed by atoms with Crippen LogP contribution in [0.2, 0.25) is 0 Å². The second-order valence-electron chi connectivity index (χ2n) is 4.53. The second kappa shape index (κ2) is 6.27. The van der Waals surface area contributed by atoms with E-state index in [1.807, 2.05) is 6.07 Å². The molecule has 0 saturated heterocycles. The number of ether oxygens (including phenoxy) is 1. The molecule has 2 heterocycles. The van der Waals surface area contributed by atoms with Gasteiger partial charge in [0.2, 0.25) is 0 Å². The first-order chi connectivity index (χ1) is 10.6. The normalized spacial score (nSPS) is 11.1. The van der Waals surface area contributed by atoms with Crippen LogP contribution in [0.4, 0.5) is 14.5 Å². The Morgan fingerprint density at radius 1 is 1.27 bits per heavy atom. The van der Waals surface area contributed by atoms with Gasteiger partial charge in [0, 0.05) is 11.9 Å². The number of aromatic nitrogens is 3. The first-order valence-corrected chi connectivity index (χ1v) is 7.17. The van der Waals surface area contributed by atoms with Crippen molar-refractivity contribution >= 4 is 32.7 Å². The van der Waals surface area contributed by atoms with Gasteiger partial charge in [-0.05, 0) is 39.7 Å². The molecule has 0 radical (unpaired) electrons. The van der Waals surface area contributed by atoms with Gasteiger partial charge in [-0.15, -0.1) is 0 Å². The number of alkyl halides is 2. The minimum atomic E-state index is -2.84. The predicted octanol–water partition coefficient (Wildman–Crippen LogP) is 3.93. The Morgan fingerprint density at radius 2 is 2.14 bits per heavy atom. The number of nitrogens with one attached hydrogen (secondary N) is 2. The topological polar surface area (TPSA) is 62.8 Å². The van der Waals surface area contributed by atoms with E-state index in [4.69, 9.17) is 0 Å². The maximum Gasteiger partial charge on any atom is 0.387 e. The molecule has 2 N–H and O–H groups in total. The molecule has 5 nitrogen and oxygen atoms in total. The summed E-state index contributed by atoms with van der Waals surface area (Å²) in [6.45, 7) is -2.31. The molecule has 0 aliphatic heterocycles. The number of rotatable bonds is 5. The molecule has 2 aromatic heterocycles. The van der Waals surface area contributed by atoms with Gasteiger partial charge in [-0.25, -0.2) is 4.98 Å². The van der Waals surface area contributed by atoms with Crippen LogP contribution in [0.1, 0.15) is 5.56 Å².